The van der Waals surface area contributed by atoms with Crippen molar-refractivity contribution in [3.05, 3.63) is 59.9 Å². The van der Waals surface area contributed by atoms with E-state index in [9.17, 15) is 17.6 Å². The van der Waals surface area contributed by atoms with Gasteiger partial charge in [-0.2, -0.15) is 0 Å². The van der Waals surface area contributed by atoms with Crippen molar-refractivity contribution in [2.75, 3.05) is 10.8 Å². The minimum absolute atomic E-state index is 0.0385. The fraction of sp³-hybridized carbons (Fsp3) is 0.0714. The zero-order valence-electron chi connectivity index (χ0n) is 10.3. The van der Waals surface area contributed by atoms with Crippen molar-refractivity contribution in [3.8, 4) is 0 Å². The van der Waals surface area contributed by atoms with Crippen molar-refractivity contribution in [1.29, 1.82) is 0 Å². The van der Waals surface area contributed by atoms with Crippen molar-refractivity contribution in [3.63, 3.8) is 0 Å². The first kappa shape index (κ1) is 12.8. The standard InChI is InChI=1S/C14H10FNO3S/c15-10-5-7-11(8-6-10)20(18,19)16-9-14(17)12-3-1-2-4-13(12)16/h1-8H,9H2. The SMILES string of the molecule is O=C1CN(S(=O)(=O)c2ccc(F)cc2)c2ccccc21. The summed E-state index contributed by atoms with van der Waals surface area (Å²) in [6.07, 6.45) is 0. The summed E-state index contributed by atoms with van der Waals surface area (Å²) in [4.78, 5) is 11.8. The molecular weight excluding hydrogens is 281 g/mol. The molecule has 3 rings (SSSR count). The van der Waals surface area contributed by atoms with E-state index in [-0.39, 0.29) is 17.2 Å². The van der Waals surface area contributed by atoms with Crippen LogP contribution in [0.1, 0.15) is 10.4 Å². The first-order valence-electron chi connectivity index (χ1n) is 5.91. The Morgan fingerprint density at radius 2 is 1.65 bits per heavy atom. The van der Waals surface area contributed by atoms with Crippen LogP contribution in [0.3, 0.4) is 0 Å². The third-order valence-electron chi connectivity index (χ3n) is 3.16. The fourth-order valence-corrected chi connectivity index (χ4v) is 3.62. The summed E-state index contributed by atoms with van der Waals surface area (Å²) in [5.74, 6) is -0.756. The number of anilines is 1. The first-order chi connectivity index (χ1) is 9.50. The number of sulfonamides is 1. The van der Waals surface area contributed by atoms with Crippen molar-refractivity contribution in [2.24, 2.45) is 0 Å². The van der Waals surface area contributed by atoms with Crippen LogP contribution >= 0.6 is 0 Å². The summed E-state index contributed by atoms with van der Waals surface area (Å²) in [7, 11) is -3.86. The molecule has 0 amide bonds. The Hall–Kier alpha value is -2.21. The van der Waals surface area contributed by atoms with Crippen molar-refractivity contribution in [2.45, 2.75) is 4.90 Å². The normalized spacial score (nSPS) is 14.4. The number of carbonyl (C=O) groups excluding carboxylic acids is 1. The predicted octanol–water partition coefficient (Wildman–Crippen LogP) is 2.22. The largest absolute Gasteiger partial charge is 0.292 e. The molecule has 1 aliphatic heterocycles. The third kappa shape index (κ3) is 1.89. The van der Waals surface area contributed by atoms with Gasteiger partial charge in [0.15, 0.2) is 5.78 Å². The molecule has 1 aliphatic rings. The molecule has 0 radical (unpaired) electrons. The topological polar surface area (TPSA) is 54.5 Å². The average molecular weight is 291 g/mol. The van der Waals surface area contributed by atoms with Crippen LogP contribution in [0.4, 0.5) is 10.1 Å². The second kappa shape index (κ2) is 4.42. The van der Waals surface area contributed by atoms with Gasteiger partial charge in [-0.3, -0.25) is 9.10 Å². The number of Topliss-reactive ketones (excluding diaryl/α,β-unsaturated/α-hetero) is 1. The number of carbonyl (C=O) groups is 1. The van der Waals surface area contributed by atoms with Crippen LogP contribution in [-0.4, -0.2) is 20.7 Å². The maximum absolute atomic E-state index is 12.9. The fourth-order valence-electron chi connectivity index (χ4n) is 2.18. The van der Waals surface area contributed by atoms with Gasteiger partial charge in [0.2, 0.25) is 0 Å². The molecule has 0 N–H and O–H groups in total. The molecule has 0 saturated carbocycles. The molecule has 0 aliphatic carbocycles. The summed E-state index contributed by atoms with van der Waals surface area (Å²) in [5.41, 5.74) is 0.750. The molecule has 0 saturated heterocycles. The Balaban J connectivity index is 2.10. The lowest BCUT2D eigenvalue weighted by Crippen LogP contribution is -2.30. The van der Waals surface area contributed by atoms with Gasteiger partial charge in [0.05, 0.1) is 17.1 Å². The minimum Gasteiger partial charge on any atom is -0.292 e. The van der Waals surface area contributed by atoms with Crippen LogP contribution in [0.15, 0.2) is 53.4 Å². The number of ketones is 1. The zero-order valence-corrected chi connectivity index (χ0v) is 11.1. The lowest BCUT2D eigenvalue weighted by atomic mass is 10.1. The molecule has 0 fully saturated rings. The van der Waals surface area contributed by atoms with Crippen LogP contribution < -0.4 is 4.31 Å². The second-order valence-corrected chi connectivity index (χ2v) is 6.27. The third-order valence-corrected chi connectivity index (χ3v) is 4.94. The lowest BCUT2D eigenvalue weighted by molar-refractivity contribution is 0.101. The molecule has 4 nitrogen and oxygen atoms in total. The van der Waals surface area contributed by atoms with Crippen LogP contribution in [0.2, 0.25) is 0 Å². The van der Waals surface area contributed by atoms with E-state index in [0.717, 1.165) is 16.4 Å². The van der Waals surface area contributed by atoms with Crippen LogP contribution in [0.5, 0.6) is 0 Å². The molecule has 2 aromatic rings. The van der Waals surface area contributed by atoms with E-state index in [1.54, 1.807) is 24.3 Å². The smallest absolute Gasteiger partial charge is 0.264 e. The van der Waals surface area contributed by atoms with Gasteiger partial charge in [0.1, 0.15) is 5.82 Å². The Bertz CT molecular complexity index is 784. The van der Waals surface area contributed by atoms with E-state index in [0.29, 0.717) is 11.3 Å². The van der Waals surface area contributed by atoms with Crippen LogP contribution in [-0.2, 0) is 10.0 Å². The molecule has 0 aromatic heterocycles. The van der Waals surface area contributed by atoms with E-state index >= 15 is 0 Å². The van der Waals surface area contributed by atoms with E-state index in [2.05, 4.69) is 0 Å². The highest BCUT2D eigenvalue weighted by molar-refractivity contribution is 7.93. The summed E-state index contributed by atoms with van der Waals surface area (Å²) < 4.78 is 39.0. The molecule has 20 heavy (non-hydrogen) atoms. The van der Waals surface area contributed by atoms with E-state index in [1.165, 1.54) is 12.1 Å². The predicted molar refractivity (Wildman–Crippen MR) is 71.7 cm³/mol. The first-order valence-corrected chi connectivity index (χ1v) is 7.35. The van der Waals surface area contributed by atoms with Gasteiger partial charge in [-0.1, -0.05) is 12.1 Å². The average Bonchev–Trinajstić information content (AvgIpc) is 2.78. The Kier molecular flexibility index (Phi) is 2.83. The van der Waals surface area contributed by atoms with Crippen molar-refractivity contribution >= 4 is 21.5 Å². The highest BCUT2D eigenvalue weighted by Gasteiger charge is 2.35. The summed E-state index contributed by atoms with van der Waals surface area (Å²) in [6, 6.07) is 11.1. The Morgan fingerprint density at radius 1 is 1.00 bits per heavy atom. The highest BCUT2D eigenvalue weighted by Crippen LogP contribution is 2.32. The van der Waals surface area contributed by atoms with Crippen LogP contribution in [0.25, 0.3) is 0 Å². The van der Waals surface area contributed by atoms with E-state index in [1.807, 2.05) is 0 Å². The molecule has 6 heteroatoms. The molecule has 0 atom stereocenters. The van der Waals surface area contributed by atoms with Gasteiger partial charge in [-0.25, -0.2) is 12.8 Å². The molecule has 2 aromatic carbocycles. The number of hydrogen-bond acceptors (Lipinski definition) is 3. The van der Waals surface area contributed by atoms with E-state index in [4.69, 9.17) is 0 Å². The quantitative estimate of drug-likeness (QED) is 0.852. The van der Waals surface area contributed by atoms with Gasteiger partial charge in [-0.05, 0) is 36.4 Å². The number of rotatable bonds is 2. The number of nitrogens with zero attached hydrogens (tertiary/aromatic N) is 1. The van der Waals surface area contributed by atoms with Gasteiger partial charge in [-0.15, -0.1) is 0 Å². The second-order valence-electron chi connectivity index (χ2n) is 4.41. The summed E-state index contributed by atoms with van der Waals surface area (Å²) in [6.45, 7) is -0.223. The Labute approximate surface area is 115 Å². The molecule has 102 valence electrons. The van der Waals surface area contributed by atoms with Crippen LogP contribution in [0, 0.1) is 5.82 Å². The molecular formula is C14H10FNO3S. The highest BCUT2D eigenvalue weighted by atomic mass is 32.2. The number of benzene rings is 2. The van der Waals surface area contributed by atoms with Gasteiger partial charge in [0, 0.05) is 5.56 Å². The molecule has 0 spiro atoms. The lowest BCUT2D eigenvalue weighted by Gasteiger charge is -2.18. The molecule has 0 bridgehead atoms. The minimum atomic E-state index is -3.86. The van der Waals surface area contributed by atoms with Crippen molar-refractivity contribution in [1.82, 2.24) is 0 Å². The molecule has 1 heterocycles. The summed E-state index contributed by atoms with van der Waals surface area (Å²) in [5, 5.41) is 0. The van der Waals surface area contributed by atoms with Gasteiger partial charge < -0.3 is 0 Å². The molecule has 0 unspecified atom stereocenters. The van der Waals surface area contributed by atoms with Gasteiger partial charge >= 0.3 is 0 Å². The number of halogens is 1. The number of hydrogen-bond donors (Lipinski definition) is 0. The zero-order chi connectivity index (χ0) is 14.3. The van der Waals surface area contributed by atoms with E-state index < -0.39 is 15.8 Å². The Morgan fingerprint density at radius 3 is 2.35 bits per heavy atom. The van der Waals surface area contributed by atoms with Gasteiger partial charge in [0.25, 0.3) is 10.0 Å². The number of fused-ring (bicyclic) bond motifs is 1. The monoisotopic (exact) mass is 291 g/mol. The maximum Gasteiger partial charge on any atom is 0.264 e. The summed E-state index contributed by atoms with van der Waals surface area (Å²) >= 11 is 0. The van der Waals surface area contributed by atoms with Crippen molar-refractivity contribution < 1.29 is 17.6 Å². The maximum atomic E-state index is 12.9. The number of para-hydroxylation sites is 1.